The third-order valence-electron chi connectivity index (χ3n) is 5.40. The standard InChI is InChI=1S/C20H13N3O2/c24-19-15-14-11-5-1-2-7-13(11)21-16(14)12-6-3-4-10-8-9-23(17(10)12)18(15)20(25)22-19/h1-7,21H,8-9H2,(H,22,24,25). The number of nitrogens with one attached hydrogen (secondary N) is 2. The molecule has 5 heteroatoms. The molecule has 2 N–H and O–H groups in total. The van der Waals surface area contributed by atoms with Crippen LogP contribution in [-0.2, 0) is 13.0 Å². The van der Waals surface area contributed by atoms with Crippen molar-refractivity contribution in [3.05, 3.63) is 79.3 Å². The molecule has 3 aliphatic rings. The summed E-state index contributed by atoms with van der Waals surface area (Å²) in [6.45, 7) is 0.716. The fraction of sp³-hybridized carbons (Fsp3) is 0.100. The number of para-hydroxylation sites is 2. The van der Waals surface area contributed by atoms with Crippen LogP contribution < -0.4 is 11.1 Å². The summed E-state index contributed by atoms with van der Waals surface area (Å²) in [6, 6.07) is 14.1. The van der Waals surface area contributed by atoms with Gasteiger partial charge in [0.2, 0.25) is 0 Å². The predicted molar refractivity (Wildman–Crippen MR) is 97.2 cm³/mol. The van der Waals surface area contributed by atoms with E-state index in [1.165, 1.54) is 5.56 Å². The van der Waals surface area contributed by atoms with E-state index in [-0.39, 0.29) is 11.1 Å². The van der Waals surface area contributed by atoms with E-state index in [9.17, 15) is 9.59 Å². The van der Waals surface area contributed by atoms with Crippen molar-refractivity contribution >= 4 is 32.7 Å². The maximum absolute atomic E-state index is 12.7. The molecule has 5 nitrogen and oxygen atoms in total. The van der Waals surface area contributed by atoms with E-state index in [0.717, 1.165) is 39.1 Å². The first kappa shape index (κ1) is 13.0. The quantitative estimate of drug-likeness (QED) is 0.459. The van der Waals surface area contributed by atoms with Crippen LogP contribution in [0.5, 0.6) is 0 Å². The van der Waals surface area contributed by atoms with Crippen LogP contribution in [0.2, 0.25) is 0 Å². The first-order chi connectivity index (χ1) is 12.2. The van der Waals surface area contributed by atoms with Gasteiger partial charge in [0.05, 0.1) is 16.3 Å². The molecule has 0 radical (unpaired) electrons. The van der Waals surface area contributed by atoms with Crippen molar-refractivity contribution in [3.63, 3.8) is 0 Å². The lowest BCUT2D eigenvalue weighted by atomic mass is 10.1. The van der Waals surface area contributed by atoms with Crippen LogP contribution in [0.25, 0.3) is 32.7 Å². The SMILES string of the molecule is O=c1[nH]c(=O)c2n3c4c(cccc4c4[nH]c5ccccc5c4c1=2)CC3. The Hall–Kier alpha value is -3.34. The molecule has 25 heavy (non-hydrogen) atoms. The molecular formula is C20H13N3O2. The minimum atomic E-state index is -0.313. The molecule has 120 valence electrons. The number of hydrogen-bond acceptors (Lipinski definition) is 2. The zero-order valence-corrected chi connectivity index (χ0v) is 13.2. The zero-order chi connectivity index (χ0) is 16.7. The van der Waals surface area contributed by atoms with Crippen molar-refractivity contribution in [2.45, 2.75) is 13.0 Å². The third kappa shape index (κ3) is 1.44. The van der Waals surface area contributed by atoms with E-state index in [1.807, 2.05) is 34.9 Å². The van der Waals surface area contributed by atoms with Gasteiger partial charge in [-0.05, 0) is 18.1 Å². The van der Waals surface area contributed by atoms with Gasteiger partial charge >= 0.3 is 0 Å². The second-order valence-electron chi connectivity index (χ2n) is 6.64. The molecule has 3 aliphatic heterocycles. The molecule has 0 atom stereocenters. The lowest BCUT2D eigenvalue weighted by Crippen LogP contribution is -2.10. The molecule has 0 saturated heterocycles. The Kier molecular flexibility index (Phi) is 2.18. The van der Waals surface area contributed by atoms with Gasteiger partial charge in [0, 0.05) is 28.2 Å². The van der Waals surface area contributed by atoms with E-state index in [0.29, 0.717) is 17.1 Å². The summed E-state index contributed by atoms with van der Waals surface area (Å²) in [4.78, 5) is 31.3. The van der Waals surface area contributed by atoms with Crippen LogP contribution in [0.4, 0.5) is 0 Å². The molecule has 2 aromatic carbocycles. The van der Waals surface area contributed by atoms with Crippen molar-refractivity contribution in [2.75, 3.05) is 0 Å². The second kappa shape index (κ2) is 4.19. The molecule has 0 bridgehead atoms. The average molecular weight is 327 g/mol. The van der Waals surface area contributed by atoms with E-state index < -0.39 is 0 Å². The van der Waals surface area contributed by atoms with Crippen LogP contribution in [-0.4, -0.2) is 14.5 Å². The van der Waals surface area contributed by atoms with Gasteiger partial charge in [-0.15, -0.1) is 0 Å². The first-order valence-corrected chi connectivity index (χ1v) is 8.35. The van der Waals surface area contributed by atoms with Gasteiger partial charge in [0.15, 0.2) is 0 Å². The Balaban J connectivity index is 2.20. The molecule has 0 saturated carbocycles. The van der Waals surface area contributed by atoms with Crippen LogP contribution in [0, 0.1) is 10.6 Å². The number of fused-ring (bicyclic) bond motifs is 6. The fourth-order valence-corrected chi connectivity index (χ4v) is 4.42. The zero-order valence-electron chi connectivity index (χ0n) is 13.2. The van der Waals surface area contributed by atoms with E-state index in [2.05, 4.69) is 22.1 Å². The molecule has 1 aromatic heterocycles. The van der Waals surface area contributed by atoms with Gasteiger partial charge in [-0.25, -0.2) is 0 Å². The lowest BCUT2D eigenvalue weighted by Gasteiger charge is -2.00. The molecule has 0 spiro atoms. The van der Waals surface area contributed by atoms with Crippen molar-refractivity contribution in [3.8, 4) is 0 Å². The molecule has 3 aromatic rings. The number of H-pyrrole nitrogens is 2. The number of rotatable bonds is 0. The van der Waals surface area contributed by atoms with Gasteiger partial charge in [0.25, 0.3) is 11.1 Å². The molecule has 6 rings (SSSR count). The summed E-state index contributed by atoms with van der Waals surface area (Å²) >= 11 is 0. The van der Waals surface area contributed by atoms with E-state index >= 15 is 0 Å². The van der Waals surface area contributed by atoms with Crippen LogP contribution >= 0.6 is 0 Å². The number of aromatic amines is 2. The Labute approximate surface area is 140 Å². The normalized spacial score (nSPS) is 13.6. The number of aromatic nitrogens is 3. The van der Waals surface area contributed by atoms with Crippen molar-refractivity contribution in [2.24, 2.45) is 0 Å². The highest BCUT2D eigenvalue weighted by Crippen LogP contribution is 2.33. The number of benzene rings is 2. The third-order valence-corrected chi connectivity index (χ3v) is 5.40. The summed E-state index contributed by atoms with van der Waals surface area (Å²) in [5.41, 5.74) is 3.52. The van der Waals surface area contributed by atoms with Crippen molar-refractivity contribution in [1.29, 1.82) is 0 Å². The topological polar surface area (TPSA) is 70.7 Å². The number of hydrogen-bond donors (Lipinski definition) is 2. The molecule has 4 heterocycles. The Bertz CT molecular complexity index is 1540. The fourth-order valence-electron chi connectivity index (χ4n) is 4.42. The van der Waals surface area contributed by atoms with Gasteiger partial charge in [-0.1, -0.05) is 36.4 Å². The lowest BCUT2D eigenvalue weighted by molar-refractivity contribution is 0.743. The molecule has 0 aliphatic carbocycles. The number of nitrogens with zero attached hydrogens (tertiary/aromatic N) is 1. The summed E-state index contributed by atoms with van der Waals surface area (Å²) in [6.07, 6.45) is 0.872. The number of aryl methyl sites for hydroxylation is 2. The van der Waals surface area contributed by atoms with Crippen LogP contribution in [0.15, 0.2) is 52.1 Å². The van der Waals surface area contributed by atoms with Gasteiger partial charge in [-0.3, -0.25) is 14.6 Å². The molecular weight excluding hydrogens is 314 g/mol. The van der Waals surface area contributed by atoms with Gasteiger partial charge in [0.1, 0.15) is 5.35 Å². The second-order valence-corrected chi connectivity index (χ2v) is 6.64. The summed E-state index contributed by atoms with van der Waals surface area (Å²) < 4.78 is 2.02. The highest BCUT2D eigenvalue weighted by atomic mass is 16.2. The maximum atomic E-state index is 12.7. The Morgan fingerprint density at radius 1 is 0.880 bits per heavy atom. The van der Waals surface area contributed by atoms with Gasteiger partial charge < -0.3 is 9.55 Å². The van der Waals surface area contributed by atoms with Gasteiger partial charge in [-0.2, -0.15) is 0 Å². The first-order valence-electron chi connectivity index (χ1n) is 8.35. The monoisotopic (exact) mass is 327 g/mol. The van der Waals surface area contributed by atoms with Crippen molar-refractivity contribution in [1.82, 2.24) is 14.5 Å². The largest absolute Gasteiger partial charge is 0.354 e. The molecule has 0 amide bonds. The van der Waals surface area contributed by atoms with E-state index in [4.69, 9.17) is 0 Å². The molecule has 0 fully saturated rings. The van der Waals surface area contributed by atoms with Crippen LogP contribution in [0.1, 0.15) is 5.56 Å². The highest BCUT2D eigenvalue weighted by molar-refractivity contribution is 6.15. The summed E-state index contributed by atoms with van der Waals surface area (Å²) in [5.74, 6) is 0. The van der Waals surface area contributed by atoms with Crippen LogP contribution in [0.3, 0.4) is 0 Å². The Morgan fingerprint density at radius 3 is 2.64 bits per heavy atom. The molecule has 0 unspecified atom stereocenters. The average Bonchev–Trinajstić information content (AvgIpc) is 3.25. The summed E-state index contributed by atoms with van der Waals surface area (Å²) in [7, 11) is 0. The Morgan fingerprint density at radius 2 is 1.72 bits per heavy atom. The highest BCUT2D eigenvalue weighted by Gasteiger charge is 2.21. The predicted octanol–water partition coefficient (Wildman–Crippen LogP) is 2.61. The van der Waals surface area contributed by atoms with Crippen molar-refractivity contribution < 1.29 is 0 Å². The van der Waals surface area contributed by atoms with E-state index in [1.54, 1.807) is 0 Å². The smallest absolute Gasteiger partial charge is 0.275 e. The minimum absolute atomic E-state index is 0.305. The minimum Gasteiger partial charge on any atom is -0.354 e. The summed E-state index contributed by atoms with van der Waals surface area (Å²) in [5, 5.41) is 3.82. The maximum Gasteiger partial charge on any atom is 0.275 e.